The fraction of sp³-hybridized carbons (Fsp3) is 0.429. The molecule has 1 rings (SSSR count). The molecule has 3 atom stereocenters. The average Bonchev–Trinajstić information content (AvgIpc) is 2.76. The summed E-state index contributed by atoms with van der Waals surface area (Å²) in [4.78, 5) is 68.2. The summed E-state index contributed by atoms with van der Waals surface area (Å²) in [6, 6.07) is 6.81. The van der Waals surface area contributed by atoms with Crippen LogP contribution in [0.15, 0.2) is 43.0 Å². The summed E-state index contributed by atoms with van der Waals surface area (Å²) in [7, 11) is -4.52. The molecule has 5 N–H and O–H groups in total. The molecule has 12 nitrogen and oxygen atoms in total. The van der Waals surface area contributed by atoms with E-state index < -0.39 is 55.8 Å². The van der Waals surface area contributed by atoms with Crippen molar-refractivity contribution in [2.24, 2.45) is 0 Å². The van der Waals surface area contributed by atoms with Crippen molar-refractivity contribution in [1.82, 2.24) is 20.9 Å². The Morgan fingerprint density at radius 1 is 1.03 bits per heavy atom. The molecule has 0 saturated carbocycles. The zero-order valence-corrected chi connectivity index (χ0v) is 20.2. The second-order valence-corrected chi connectivity index (χ2v) is 9.46. The van der Waals surface area contributed by atoms with Crippen LogP contribution in [-0.2, 0) is 30.3 Å². The third kappa shape index (κ3) is 10.2. The molecular weight excluding hydrogens is 467 g/mol. The second-order valence-electron chi connectivity index (χ2n) is 7.50. The summed E-state index contributed by atoms with van der Waals surface area (Å²) >= 11 is 0. The van der Waals surface area contributed by atoms with Crippen LogP contribution in [-0.4, -0.2) is 69.5 Å². The molecule has 0 aliphatic carbocycles. The third-order valence-electron chi connectivity index (χ3n) is 4.53. The Bertz CT molecular complexity index is 921. The van der Waals surface area contributed by atoms with Gasteiger partial charge in [0.05, 0.1) is 0 Å². The van der Waals surface area contributed by atoms with Gasteiger partial charge in [0.15, 0.2) is 0 Å². The van der Waals surface area contributed by atoms with Crippen LogP contribution in [0.2, 0.25) is 0 Å². The van der Waals surface area contributed by atoms with Crippen molar-refractivity contribution < 1.29 is 38.3 Å². The number of carbonyl (C=O) groups excluding carboxylic acids is 4. The first-order chi connectivity index (χ1) is 15.8. The maximum absolute atomic E-state index is 12.4. The number of ether oxygens (including phenoxy) is 1. The largest absolute Gasteiger partial charge is 0.445 e. The van der Waals surface area contributed by atoms with Gasteiger partial charge in [-0.15, -0.1) is 6.58 Å². The van der Waals surface area contributed by atoms with Gasteiger partial charge >= 0.3 is 13.7 Å². The van der Waals surface area contributed by atoms with Crippen molar-refractivity contribution in [3.8, 4) is 0 Å². The highest BCUT2D eigenvalue weighted by atomic mass is 31.2. The Kier molecular flexibility index (Phi) is 11.4. The van der Waals surface area contributed by atoms with E-state index in [0.717, 1.165) is 17.4 Å². The Labute approximate surface area is 197 Å². The molecule has 1 aromatic rings. The van der Waals surface area contributed by atoms with Gasteiger partial charge in [0, 0.05) is 6.54 Å². The van der Waals surface area contributed by atoms with Gasteiger partial charge in [-0.05, 0) is 26.3 Å². The van der Waals surface area contributed by atoms with Gasteiger partial charge in [0.2, 0.25) is 17.7 Å². The lowest BCUT2D eigenvalue weighted by molar-refractivity contribution is -0.131. The van der Waals surface area contributed by atoms with Gasteiger partial charge in [-0.1, -0.05) is 36.4 Å². The van der Waals surface area contributed by atoms with E-state index in [1.807, 2.05) is 6.07 Å². The minimum absolute atomic E-state index is 0.0222. The van der Waals surface area contributed by atoms with Gasteiger partial charge in [-0.2, -0.15) is 0 Å². The molecule has 0 bridgehead atoms. The fourth-order valence-corrected chi connectivity index (χ4v) is 2.81. The van der Waals surface area contributed by atoms with Gasteiger partial charge in [-0.3, -0.25) is 23.8 Å². The summed E-state index contributed by atoms with van der Waals surface area (Å²) in [5.74, 6) is -3.58. The van der Waals surface area contributed by atoms with Crippen molar-refractivity contribution >= 4 is 31.4 Å². The third-order valence-corrected chi connectivity index (χ3v) is 5.66. The van der Waals surface area contributed by atoms with E-state index in [2.05, 4.69) is 22.5 Å². The molecule has 0 saturated heterocycles. The zero-order valence-electron chi connectivity index (χ0n) is 19.3. The Hall–Kier alpha value is -3.21. The highest BCUT2D eigenvalue weighted by Crippen LogP contribution is 2.39. The summed E-state index contributed by atoms with van der Waals surface area (Å²) in [5.41, 5.74) is 0.775. The highest BCUT2D eigenvalue weighted by molar-refractivity contribution is 7.52. The van der Waals surface area contributed by atoms with Crippen LogP contribution in [0.5, 0.6) is 0 Å². The van der Waals surface area contributed by atoms with E-state index in [9.17, 15) is 23.7 Å². The monoisotopic (exact) mass is 498 g/mol. The standard InChI is InChI=1S/C21H31N4O8P/c1-5-11-25(21(29)33-13-17-9-7-6-8-10-17)12-18(26)22-14(2)19(27)23-15(3)20(28)24-16(4)34(30,31)32/h5-10,14-16H,1,11-13H2,2-4H3,(H,22,26)(H,23,27)(H,24,28)(H2,30,31,32)/t14-,15-,16+/m0/s1. The van der Waals surface area contributed by atoms with Crippen LogP contribution in [0.25, 0.3) is 0 Å². The predicted octanol–water partition coefficient (Wildman–Crippen LogP) is 0.461. The quantitative estimate of drug-likeness (QED) is 0.204. The van der Waals surface area contributed by atoms with Crippen molar-refractivity contribution in [3.05, 3.63) is 48.6 Å². The minimum Gasteiger partial charge on any atom is -0.445 e. The van der Waals surface area contributed by atoms with E-state index >= 15 is 0 Å². The summed E-state index contributed by atoms with van der Waals surface area (Å²) in [6.07, 6.45) is 0.687. The molecule has 34 heavy (non-hydrogen) atoms. The SMILES string of the molecule is C=CCN(CC(=O)N[C@@H](C)C(=O)N[C@@H](C)C(=O)N[C@@H](C)P(=O)(O)O)C(=O)OCc1ccccc1. The van der Waals surface area contributed by atoms with Crippen molar-refractivity contribution in [2.75, 3.05) is 13.1 Å². The fourth-order valence-electron chi connectivity index (χ4n) is 2.51. The number of hydrogen-bond acceptors (Lipinski definition) is 6. The van der Waals surface area contributed by atoms with Crippen LogP contribution in [0.3, 0.4) is 0 Å². The van der Waals surface area contributed by atoms with Crippen LogP contribution >= 0.6 is 7.60 Å². The number of hydrogen-bond donors (Lipinski definition) is 5. The predicted molar refractivity (Wildman–Crippen MR) is 123 cm³/mol. The molecule has 0 unspecified atom stereocenters. The number of rotatable bonds is 12. The molecular formula is C21H31N4O8P. The first kappa shape index (κ1) is 28.8. The van der Waals surface area contributed by atoms with Gasteiger partial charge in [0.1, 0.15) is 31.0 Å². The molecule has 0 radical (unpaired) electrons. The maximum atomic E-state index is 12.4. The molecule has 4 amide bonds. The molecule has 188 valence electrons. The van der Waals surface area contributed by atoms with Gasteiger partial charge in [-0.25, -0.2) is 4.79 Å². The first-order valence-corrected chi connectivity index (χ1v) is 12.0. The smallest absolute Gasteiger partial charge is 0.410 e. The van der Waals surface area contributed by atoms with Crippen LogP contribution in [0, 0.1) is 0 Å². The second kappa shape index (κ2) is 13.5. The van der Waals surface area contributed by atoms with E-state index in [1.165, 1.54) is 19.9 Å². The van der Waals surface area contributed by atoms with E-state index in [1.54, 1.807) is 24.3 Å². The first-order valence-electron chi connectivity index (χ1n) is 10.4. The topological polar surface area (TPSA) is 174 Å². The number of amides is 4. The van der Waals surface area contributed by atoms with E-state index in [-0.39, 0.29) is 13.2 Å². The molecule has 0 aliphatic rings. The summed E-state index contributed by atoms with van der Waals surface area (Å²) in [6.45, 7) is 7.05. The van der Waals surface area contributed by atoms with Crippen LogP contribution in [0.4, 0.5) is 4.79 Å². The Balaban J connectivity index is 2.57. The number of nitrogens with zero attached hydrogens (tertiary/aromatic N) is 1. The Morgan fingerprint density at radius 3 is 2.15 bits per heavy atom. The number of carbonyl (C=O) groups is 4. The van der Waals surface area contributed by atoms with Crippen LogP contribution < -0.4 is 16.0 Å². The zero-order chi connectivity index (χ0) is 25.9. The van der Waals surface area contributed by atoms with Crippen LogP contribution in [0.1, 0.15) is 26.3 Å². The highest BCUT2D eigenvalue weighted by Gasteiger charge is 2.28. The molecule has 1 aromatic carbocycles. The van der Waals surface area contributed by atoms with Crippen molar-refractivity contribution in [1.29, 1.82) is 0 Å². The molecule has 0 aromatic heterocycles. The number of benzene rings is 1. The van der Waals surface area contributed by atoms with Gasteiger partial charge < -0.3 is 30.5 Å². The van der Waals surface area contributed by atoms with E-state index in [0.29, 0.717) is 0 Å². The lowest BCUT2D eigenvalue weighted by Crippen LogP contribution is -2.53. The van der Waals surface area contributed by atoms with E-state index in [4.69, 9.17) is 14.5 Å². The molecule has 0 heterocycles. The van der Waals surface area contributed by atoms with Crippen molar-refractivity contribution in [3.63, 3.8) is 0 Å². The summed E-state index contributed by atoms with van der Waals surface area (Å²) in [5, 5.41) is 6.87. The lowest BCUT2D eigenvalue weighted by Gasteiger charge is -2.23. The Morgan fingerprint density at radius 2 is 1.59 bits per heavy atom. The average molecular weight is 498 g/mol. The minimum atomic E-state index is -4.52. The van der Waals surface area contributed by atoms with Crippen molar-refractivity contribution in [2.45, 2.75) is 45.2 Å². The lowest BCUT2D eigenvalue weighted by atomic mass is 10.2. The normalized spacial score (nSPS) is 13.6. The van der Waals surface area contributed by atoms with Gasteiger partial charge in [0.25, 0.3) is 0 Å². The molecule has 0 spiro atoms. The maximum Gasteiger partial charge on any atom is 0.410 e. The molecule has 0 fully saturated rings. The summed E-state index contributed by atoms with van der Waals surface area (Å²) < 4.78 is 16.3. The number of nitrogens with one attached hydrogen (secondary N) is 3. The molecule has 0 aliphatic heterocycles. The molecule has 13 heteroatoms.